The summed E-state index contributed by atoms with van der Waals surface area (Å²) in [6.45, 7) is 2.86. The van der Waals surface area contributed by atoms with Gasteiger partial charge in [-0.2, -0.15) is 0 Å². The molecule has 0 amide bonds. The minimum Gasteiger partial charge on any atom is -0.365 e. The largest absolute Gasteiger partial charge is 0.365 e. The molecule has 1 aliphatic rings. The van der Waals surface area contributed by atoms with Crippen molar-refractivity contribution in [1.29, 1.82) is 0 Å². The summed E-state index contributed by atoms with van der Waals surface area (Å²) in [5.41, 5.74) is 1.67. The maximum absolute atomic E-state index is 14.4. The molecular formula is C17H21FN2S. The smallest absolute Gasteiger partial charge is 0.146 e. The van der Waals surface area contributed by atoms with Gasteiger partial charge in [-0.05, 0) is 48.9 Å². The minimum atomic E-state index is -0.143. The highest BCUT2D eigenvalue weighted by Crippen LogP contribution is 2.30. The fourth-order valence-electron chi connectivity index (χ4n) is 2.42. The first kappa shape index (κ1) is 14.5. The highest BCUT2D eigenvalue weighted by atomic mass is 32.1. The molecule has 1 aliphatic carbocycles. The van der Waals surface area contributed by atoms with Crippen LogP contribution in [0.4, 0.5) is 10.1 Å². The average molecular weight is 304 g/mol. The Morgan fingerprint density at radius 3 is 2.81 bits per heavy atom. The molecule has 21 heavy (non-hydrogen) atoms. The first-order valence-corrected chi connectivity index (χ1v) is 8.31. The van der Waals surface area contributed by atoms with Crippen LogP contribution < -0.4 is 10.2 Å². The zero-order valence-corrected chi connectivity index (χ0v) is 13.3. The maximum atomic E-state index is 14.4. The molecule has 2 aromatic rings. The summed E-state index contributed by atoms with van der Waals surface area (Å²) in [6, 6.07) is 10.5. The topological polar surface area (TPSA) is 15.3 Å². The second kappa shape index (κ2) is 6.16. The number of thiophene rings is 1. The standard InChI is InChI=1S/C17H21FN2S/c1-12(17-4-3-9-21-17)20(2)16-8-5-13(10-15(16)18)11-19-14-6-7-14/h3-5,8-10,12,14,19H,6-7,11H2,1-2H3. The summed E-state index contributed by atoms with van der Waals surface area (Å²) in [4.78, 5) is 3.25. The summed E-state index contributed by atoms with van der Waals surface area (Å²) in [5, 5.41) is 5.47. The Kier molecular flexibility index (Phi) is 4.27. The Hall–Kier alpha value is -1.39. The number of nitrogens with zero attached hydrogens (tertiary/aromatic N) is 1. The quantitative estimate of drug-likeness (QED) is 0.854. The van der Waals surface area contributed by atoms with E-state index in [1.54, 1.807) is 17.4 Å². The molecule has 1 aromatic carbocycles. The third-order valence-electron chi connectivity index (χ3n) is 4.10. The molecule has 112 valence electrons. The van der Waals surface area contributed by atoms with Crippen LogP contribution in [-0.4, -0.2) is 13.1 Å². The number of rotatable bonds is 6. The number of hydrogen-bond donors (Lipinski definition) is 1. The molecule has 1 aromatic heterocycles. The van der Waals surface area contributed by atoms with Crippen LogP contribution in [0.25, 0.3) is 0 Å². The van der Waals surface area contributed by atoms with Gasteiger partial charge in [-0.15, -0.1) is 11.3 Å². The predicted octanol–water partition coefficient (Wildman–Crippen LogP) is 4.34. The fourth-order valence-corrected chi connectivity index (χ4v) is 3.25. The molecule has 0 spiro atoms. The molecule has 1 N–H and O–H groups in total. The molecule has 0 aliphatic heterocycles. The van der Waals surface area contributed by atoms with Crippen molar-refractivity contribution >= 4 is 17.0 Å². The van der Waals surface area contributed by atoms with Crippen LogP contribution in [0.5, 0.6) is 0 Å². The van der Waals surface area contributed by atoms with E-state index in [4.69, 9.17) is 0 Å². The molecule has 2 nitrogen and oxygen atoms in total. The first-order chi connectivity index (χ1) is 10.1. The van der Waals surface area contributed by atoms with E-state index in [1.807, 2.05) is 30.1 Å². The molecule has 0 saturated heterocycles. The predicted molar refractivity (Wildman–Crippen MR) is 87.4 cm³/mol. The van der Waals surface area contributed by atoms with Gasteiger partial charge in [0.1, 0.15) is 5.82 Å². The molecule has 0 radical (unpaired) electrons. The van der Waals surface area contributed by atoms with Crippen LogP contribution in [0.15, 0.2) is 35.7 Å². The van der Waals surface area contributed by atoms with Crippen molar-refractivity contribution in [3.63, 3.8) is 0 Å². The van der Waals surface area contributed by atoms with Gasteiger partial charge in [-0.3, -0.25) is 0 Å². The van der Waals surface area contributed by atoms with E-state index in [1.165, 1.54) is 17.7 Å². The van der Waals surface area contributed by atoms with Crippen LogP contribution >= 0.6 is 11.3 Å². The highest BCUT2D eigenvalue weighted by Gasteiger charge is 2.20. The first-order valence-electron chi connectivity index (χ1n) is 7.43. The van der Waals surface area contributed by atoms with E-state index in [9.17, 15) is 4.39 Å². The van der Waals surface area contributed by atoms with Gasteiger partial charge >= 0.3 is 0 Å². The van der Waals surface area contributed by atoms with Crippen molar-refractivity contribution in [1.82, 2.24) is 5.32 Å². The lowest BCUT2D eigenvalue weighted by Gasteiger charge is -2.27. The third kappa shape index (κ3) is 3.44. The number of benzene rings is 1. The van der Waals surface area contributed by atoms with Gasteiger partial charge < -0.3 is 10.2 Å². The molecule has 4 heteroatoms. The molecule has 1 fully saturated rings. The van der Waals surface area contributed by atoms with Crippen LogP contribution in [0, 0.1) is 5.82 Å². The summed E-state index contributed by atoms with van der Waals surface area (Å²) in [6.07, 6.45) is 2.50. The van der Waals surface area contributed by atoms with E-state index in [-0.39, 0.29) is 11.9 Å². The molecule has 0 bridgehead atoms. The highest BCUT2D eigenvalue weighted by molar-refractivity contribution is 7.10. The fraction of sp³-hybridized carbons (Fsp3) is 0.412. The number of halogens is 1. The molecule has 1 heterocycles. The summed E-state index contributed by atoms with van der Waals surface area (Å²) < 4.78 is 14.4. The van der Waals surface area contributed by atoms with Crippen LogP contribution in [0.3, 0.4) is 0 Å². The third-order valence-corrected chi connectivity index (χ3v) is 5.14. The van der Waals surface area contributed by atoms with Crippen LogP contribution in [-0.2, 0) is 6.54 Å². The molecule has 1 saturated carbocycles. The molecule has 3 rings (SSSR count). The summed E-state index contributed by atoms with van der Waals surface area (Å²) in [5.74, 6) is -0.143. The monoisotopic (exact) mass is 304 g/mol. The Bertz CT molecular complexity index is 593. The van der Waals surface area contributed by atoms with E-state index in [2.05, 4.69) is 23.7 Å². The van der Waals surface area contributed by atoms with Crippen molar-refractivity contribution < 1.29 is 4.39 Å². The zero-order chi connectivity index (χ0) is 14.8. The van der Waals surface area contributed by atoms with Gasteiger partial charge in [-0.25, -0.2) is 4.39 Å². The normalized spacial score (nSPS) is 16.0. The second-order valence-electron chi connectivity index (χ2n) is 5.74. The average Bonchev–Trinajstić information content (AvgIpc) is 3.15. The summed E-state index contributed by atoms with van der Waals surface area (Å²) in [7, 11) is 1.95. The summed E-state index contributed by atoms with van der Waals surface area (Å²) >= 11 is 1.71. The SMILES string of the molecule is CC(c1cccs1)N(C)c1ccc(CNC2CC2)cc1F. The van der Waals surface area contributed by atoms with Crippen LogP contribution in [0.1, 0.15) is 36.2 Å². The van der Waals surface area contributed by atoms with Crippen molar-refractivity contribution in [2.45, 2.75) is 38.4 Å². The van der Waals surface area contributed by atoms with Crippen LogP contribution in [0.2, 0.25) is 0 Å². The second-order valence-corrected chi connectivity index (χ2v) is 6.72. The van der Waals surface area contributed by atoms with Gasteiger partial charge in [0.15, 0.2) is 0 Å². The number of anilines is 1. The van der Waals surface area contributed by atoms with Gasteiger partial charge in [0.2, 0.25) is 0 Å². The number of nitrogens with one attached hydrogen (secondary N) is 1. The molecular weight excluding hydrogens is 283 g/mol. The lowest BCUT2D eigenvalue weighted by Crippen LogP contribution is -2.22. The molecule has 1 atom stereocenters. The van der Waals surface area contributed by atoms with Crippen molar-refractivity contribution in [3.8, 4) is 0 Å². The van der Waals surface area contributed by atoms with E-state index < -0.39 is 0 Å². The van der Waals surface area contributed by atoms with E-state index in [0.717, 1.165) is 12.1 Å². The van der Waals surface area contributed by atoms with Gasteiger partial charge in [0.25, 0.3) is 0 Å². The maximum Gasteiger partial charge on any atom is 0.146 e. The van der Waals surface area contributed by atoms with E-state index >= 15 is 0 Å². The van der Waals surface area contributed by atoms with Gasteiger partial charge in [-0.1, -0.05) is 12.1 Å². The minimum absolute atomic E-state index is 0.143. The lowest BCUT2D eigenvalue weighted by molar-refractivity contribution is 0.606. The van der Waals surface area contributed by atoms with Crippen molar-refractivity contribution in [2.24, 2.45) is 0 Å². The Morgan fingerprint density at radius 2 is 2.19 bits per heavy atom. The molecule has 1 unspecified atom stereocenters. The van der Waals surface area contributed by atoms with Gasteiger partial charge in [0.05, 0.1) is 11.7 Å². The number of hydrogen-bond acceptors (Lipinski definition) is 3. The van der Waals surface area contributed by atoms with Crippen molar-refractivity contribution in [3.05, 3.63) is 52.0 Å². The van der Waals surface area contributed by atoms with E-state index in [0.29, 0.717) is 11.7 Å². The zero-order valence-electron chi connectivity index (χ0n) is 12.5. The van der Waals surface area contributed by atoms with Crippen molar-refractivity contribution in [2.75, 3.05) is 11.9 Å². The Labute approximate surface area is 129 Å². The Morgan fingerprint density at radius 1 is 1.38 bits per heavy atom. The lowest BCUT2D eigenvalue weighted by atomic mass is 10.1. The van der Waals surface area contributed by atoms with Gasteiger partial charge in [0, 0.05) is 24.5 Å². The Balaban J connectivity index is 1.71.